The number of thioether (sulfide) groups is 1. The second kappa shape index (κ2) is 2.13. The van der Waals surface area contributed by atoms with Crippen molar-refractivity contribution < 1.29 is 4.92 Å². The molecule has 0 N–H and O–H groups in total. The molecule has 0 aromatic heterocycles. The van der Waals surface area contributed by atoms with E-state index in [4.69, 9.17) is 0 Å². The highest BCUT2D eigenvalue weighted by atomic mass is 32.2. The zero-order valence-electron chi connectivity index (χ0n) is 3.90. The van der Waals surface area contributed by atoms with Gasteiger partial charge >= 0.3 is 5.84 Å². The smallest absolute Gasteiger partial charge is 0.349 e. The number of hydrogen-bond donors (Lipinski definition) is 0. The summed E-state index contributed by atoms with van der Waals surface area (Å²) in [5, 5.41) is 9.83. The highest BCUT2D eigenvalue weighted by Crippen LogP contribution is 2.14. The zero-order chi connectivity index (χ0) is 5.98. The Morgan fingerprint density at radius 1 is 2.00 bits per heavy atom. The minimum atomic E-state index is -0.486. The number of rotatable bonds is 0. The van der Waals surface area contributed by atoms with Crippen LogP contribution in [0.15, 0.2) is 4.99 Å². The molecule has 0 amide bonds. The SMILES string of the molecule is O=[N+]([O-])C1=NCS[CH]1. The van der Waals surface area contributed by atoms with Gasteiger partial charge in [-0.1, -0.05) is 16.8 Å². The van der Waals surface area contributed by atoms with Gasteiger partial charge in [0.05, 0.1) is 0 Å². The van der Waals surface area contributed by atoms with Gasteiger partial charge in [-0.3, -0.25) is 0 Å². The van der Waals surface area contributed by atoms with Gasteiger partial charge in [-0.15, -0.1) is 0 Å². The molecule has 0 aromatic rings. The van der Waals surface area contributed by atoms with Gasteiger partial charge in [-0.05, 0) is 4.92 Å². The van der Waals surface area contributed by atoms with E-state index in [1.807, 2.05) is 0 Å². The van der Waals surface area contributed by atoms with Crippen LogP contribution in [0.3, 0.4) is 0 Å². The highest BCUT2D eigenvalue weighted by molar-refractivity contribution is 8.02. The molecule has 0 atom stereocenters. The third-order valence-electron chi connectivity index (χ3n) is 0.677. The number of nitrogens with zero attached hydrogens (tertiary/aromatic N) is 2. The van der Waals surface area contributed by atoms with Gasteiger partial charge in [0.15, 0.2) is 5.88 Å². The third kappa shape index (κ3) is 0.975. The molecule has 1 radical (unpaired) electrons. The molecule has 1 rings (SSSR count). The Labute approximate surface area is 50.1 Å². The lowest BCUT2D eigenvalue weighted by molar-refractivity contribution is -0.348. The molecule has 0 bridgehead atoms. The molecule has 5 heteroatoms. The topological polar surface area (TPSA) is 55.5 Å². The van der Waals surface area contributed by atoms with E-state index in [1.54, 1.807) is 0 Å². The van der Waals surface area contributed by atoms with Crippen molar-refractivity contribution in [1.29, 1.82) is 0 Å². The van der Waals surface area contributed by atoms with Crippen LogP contribution in [0.2, 0.25) is 0 Å². The fraction of sp³-hybridized carbons (Fsp3) is 0.333. The average Bonchev–Trinajstić information content (AvgIpc) is 2.12. The van der Waals surface area contributed by atoms with Crippen LogP contribution >= 0.6 is 11.8 Å². The van der Waals surface area contributed by atoms with Crippen LogP contribution in [0.1, 0.15) is 0 Å². The summed E-state index contributed by atoms with van der Waals surface area (Å²) in [5.41, 5.74) is 0. The molecule has 43 valence electrons. The monoisotopic (exact) mass is 131 g/mol. The summed E-state index contributed by atoms with van der Waals surface area (Å²) < 4.78 is 0. The Morgan fingerprint density at radius 3 is 3.00 bits per heavy atom. The van der Waals surface area contributed by atoms with Crippen molar-refractivity contribution in [1.82, 2.24) is 0 Å². The molecule has 0 aliphatic carbocycles. The zero-order valence-corrected chi connectivity index (χ0v) is 4.72. The van der Waals surface area contributed by atoms with Gasteiger partial charge < -0.3 is 10.1 Å². The van der Waals surface area contributed by atoms with E-state index in [2.05, 4.69) is 4.99 Å². The first-order chi connectivity index (χ1) is 3.80. The van der Waals surface area contributed by atoms with Gasteiger partial charge in [0.1, 0.15) is 5.75 Å². The second-order valence-corrected chi connectivity index (χ2v) is 2.01. The van der Waals surface area contributed by atoms with E-state index >= 15 is 0 Å². The van der Waals surface area contributed by atoms with Crippen LogP contribution in [0.25, 0.3) is 0 Å². The number of hydrogen-bond acceptors (Lipinski definition) is 4. The summed E-state index contributed by atoms with van der Waals surface area (Å²) in [7, 11) is 0. The van der Waals surface area contributed by atoms with Crippen molar-refractivity contribution in [2.45, 2.75) is 0 Å². The van der Waals surface area contributed by atoms with Crippen molar-refractivity contribution in [2.24, 2.45) is 4.99 Å². The largest absolute Gasteiger partial charge is 0.358 e. The standard InChI is InChI=1S/C3H3N2O2S/c6-5(7)3-1-8-2-4-3/h1H,2H2. The number of amidine groups is 1. The van der Waals surface area contributed by atoms with Gasteiger partial charge in [0.25, 0.3) is 0 Å². The minimum Gasteiger partial charge on any atom is -0.358 e. The van der Waals surface area contributed by atoms with Gasteiger partial charge in [0.2, 0.25) is 0 Å². The van der Waals surface area contributed by atoms with Crippen LogP contribution < -0.4 is 0 Å². The van der Waals surface area contributed by atoms with Crippen molar-refractivity contribution in [3.05, 3.63) is 15.9 Å². The van der Waals surface area contributed by atoms with Crippen molar-refractivity contribution in [3.8, 4) is 0 Å². The van der Waals surface area contributed by atoms with E-state index < -0.39 is 4.92 Å². The summed E-state index contributed by atoms with van der Waals surface area (Å²) in [6.45, 7) is 0. The molecule has 4 nitrogen and oxygen atoms in total. The van der Waals surface area contributed by atoms with E-state index in [0.717, 1.165) is 0 Å². The molecule has 1 aliphatic heterocycles. The maximum Gasteiger partial charge on any atom is 0.349 e. The Bertz CT molecular complexity index is 144. The Balaban J connectivity index is 2.57. The quantitative estimate of drug-likeness (QED) is 0.356. The lowest BCUT2D eigenvalue weighted by Crippen LogP contribution is -2.06. The molecule has 1 aliphatic rings. The van der Waals surface area contributed by atoms with E-state index in [-0.39, 0.29) is 5.84 Å². The van der Waals surface area contributed by atoms with E-state index in [0.29, 0.717) is 5.88 Å². The summed E-state index contributed by atoms with van der Waals surface area (Å²) in [4.78, 5) is 12.9. The Morgan fingerprint density at radius 2 is 2.75 bits per heavy atom. The first kappa shape index (κ1) is 5.55. The van der Waals surface area contributed by atoms with Crippen LogP contribution in [-0.4, -0.2) is 16.6 Å². The maximum absolute atomic E-state index is 9.83. The maximum atomic E-state index is 9.83. The Hall–Kier alpha value is -0.580. The van der Waals surface area contributed by atoms with Gasteiger partial charge in [-0.25, -0.2) is 0 Å². The summed E-state index contributed by atoms with van der Waals surface area (Å²) in [5.74, 6) is 1.92. The highest BCUT2D eigenvalue weighted by Gasteiger charge is 2.18. The molecule has 1 heterocycles. The van der Waals surface area contributed by atoms with Crippen LogP contribution in [0.4, 0.5) is 0 Å². The molecule has 8 heavy (non-hydrogen) atoms. The number of nitro groups is 1. The summed E-state index contributed by atoms with van der Waals surface area (Å²) >= 11 is 1.34. The predicted molar refractivity (Wildman–Crippen MR) is 31.2 cm³/mol. The molecule has 0 spiro atoms. The van der Waals surface area contributed by atoms with E-state index in [9.17, 15) is 10.1 Å². The Kier molecular flexibility index (Phi) is 1.48. The van der Waals surface area contributed by atoms with Gasteiger partial charge in [-0.2, -0.15) is 0 Å². The lowest BCUT2D eigenvalue weighted by atomic mass is 10.7. The molecule has 0 fully saturated rings. The summed E-state index contributed by atoms with van der Waals surface area (Å²) in [6.07, 6.45) is 0. The summed E-state index contributed by atoms with van der Waals surface area (Å²) in [6, 6.07) is 0. The fourth-order valence-electron chi connectivity index (χ4n) is 0.353. The third-order valence-corrected chi connectivity index (χ3v) is 1.33. The molecule has 0 unspecified atom stereocenters. The first-order valence-electron chi connectivity index (χ1n) is 1.94. The van der Waals surface area contributed by atoms with E-state index in [1.165, 1.54) is 17.5 Å². The molecular formula is C3H3N2O2S. The van der Waals surface area contributed by atoms with Crippen LogP contribution in [-0.2, 0) is 0 Å². The normalized spacial score (nSPS) is 18.2. The average molecular weight is 131 g/mol. The van der Waals surface area contributed by atoms with Crippen LogP contribution in [0.5, 0.6) is 0 Å². The molecule has 0 aromatic carbocycles. The van der Waals surface area contributed by atoms with Crippen molar-refractivity contribution >= 4 is 17.6 Å². The lowest BCUT2D eigenvalue weighted by Gasteiger charge is -1.85. The predicted octanol–water partition coefficient (Wildman–Crippen LogP) is 0.528. The molecule has 0 saturated carbocycles. The first-order valence-corrected chi connectivity index (χ1v) is 2.99. The van der Waals surface area contributed by atoms with Gasteiger partial charge in [0, 0.05) is 0 Å². The number of aliphatic imine (C=N–C) groups is 1. The second-order valence-electron chi connectivity index (χ2n) is 1.19. The van der Waals surface area contributed by atoms with Crippen LogP contribution in [0, 0.1) is 15.9 Å². The molecular weight excluding hydrogens is 128 g/mol. The molecule has 0 saturated heterocycles. The van der Waals surface area contributed by atoms with Crippen molar-refractivity contribution in [2.75, 3.05) is 5.88 Å². The fourth-order valence-corrected chi connectivity index (χ4v) is 0.944. The van der Waals surface area contributed by atoms with Crippen molar-refractivity contribution in [3.63, 3.8) is 0 Å². The minimum absolute atomic E-state index is 0.0185.